The van der Waals surface area contributed by atoms with Crippen molar-refractivity contribution < 1.29 is 19.1 Å². The molecule has 0 aliphatic rings. The number of primary amides is 1. The lowest BCUT2D eigenvalue weighted by Gasteiger charge is -2.07. The van der Waals surface area contributed by atoms with Gasteiger partial charge in [-0.25, -0.2) is 0 Å². The number of nitrogens with two attached hydrogens (primary N) is 1. The van der Waals surface area contributed by atoms with Gasteiger partial charge in [0.15, 0.2) is 0 Å². The lowest BCUT2D eigenvalue weighted by molar-refractivity contribution is -0.125. The first-order valence-electron chi connectivity index (χ1n) is 6.28. The SMILES string of the molecule is CCc1ccc2occ(C(=O)NC[C@H](O)C(N)=O)c2c1. The molecule has 6 heteroatoms. The standard InChI is InChI=1S/C14H16N2O4/c1-2-8-3-4-12-9(5-8)10(7-20-12)14(19)16-6-11(17)13(15)18/h3-5,7,11,17H,2,6H2,1H3,(H2,15,18)(H,16,19)/t11-/m0/s1. The molecule has 1 aromatic heterocycles. The van der Waals surface area contributed by atoms with Gasteiger partial charge in [-0.15, -0.1) is 0 Å². The number of benzene rings is 1. The maximum absolute atomic E-state index is 12.0. The molecule has 0 fully saturated rings. The quantitative estimate of drug-likeness (QED) is 0.742. The summed E-state index contributed by atoms with van der Waals surface area (Å²) in [5, 5.41) is 12.4. The highest BCUT2D eigenvalue weighted by Gasteiger charge is 2.17. The van der Waals surface area contributed by atoms with Crippen LogP contribution in [0.2, 0.25) is 0 Å². The summed E-state index contributed by atoms with van der Waals surface area (Å²) in [5.74, 6) is -1.30. The third-order valence-corrected chi connectivity index (χ3v) is 3.08. The van der Waals surface area contributed by atoms with Crippen molar-refractivity contribution >= 4 is 22.8 Å². The second-order valence-corrected chi connectivity index (χ2v) is 4.46. The molecule has 0 saturated heterocycles. The number of aliphatic hydroxyl groups excluding tert-OH is 1. The van der Waals surface area contributed by atoms with E-state index in [0.29, 0.717) is 16.5 Å². The van der Waals surface area contributed by atoms with E-state index in [1.807, 2.05) is 25.1 Å². The van der Waals surface area contributed by atoms with Crippen LogP contribution in [0.4, 0.5) is 0 Å². The summed E-state index contributed by atoms with van der Waals surface area (Å²) in [4.78, 5) is 22.7. The third kappa shape index (κ3) is 2.80. The third-order valence-electron chi connectivity index (χ3n) is 3.08. The monoisotopic (exact) mass is 276 g/mol. The number of hydrogen-bond donors (Lipinski definition) is 3. The Balaban J connectivity index is 2.19. The molecule has 1 heterocycles. The summed E-state index contributed by atoms with van der Waals surface area (Å²) in [5.41, 5.74) is 6.98. The molecule has 20 heavy (non-hydrogen) atoms. The van der Waals surface area contributed by atoms with E-state index in [4.69, 9.17) is 10.2 Å². The van der Waals surface area contributed by atoms with Gasteiger partial charge in [0.1, 0.15) is 18.0 Å². The lowest BCUT2D eigenvalue weighted by Crippen LogP contribution is -2.39. The van der Waals surface area contributed by atoms with Gasteiger partial charge in [0.25, 0.3) is 5.91 Å². The molecule has 0 aliphatic heterocycles. The summed E-state index contributed by atoms with van der Waals surface area (Å²) in [6.07, 6.45) is 0.807. The molecular weight excluding hydrogens is 260 g/mol. The van der Waals surface area contributed by atoms with Gasteiger partial charge in [-0.3, -0.25) is 9.59 Å². The topological polar surface area (TPSA) is 106 Å². The summed E-state index contributed by atoms with van der Waals surface area (Å²) >= 11 is 0. The van der Waals surface area contributed by atoms with Crippen molar-refractivity contribution in [3.63, 3.8) is 0 Å². The average Bonchev–Trinajstić information content (AvgIpc) is 2.86. The maximum atomic E-state index is 12.0. The van der Waals surface area contributed by atoms with Crippen LogP contribution in [-0.2, 0) is 11.2 Å². The van der Waals surface area contributed by atoms with Crippen molar-refractivity contribution in [1.82, 2.24) is 5.32 Å². The largest absolute Gasteiger partial charge is 0.463 e. The molecule has 1 aromatic carbocycles. The molecule has 0 spiro atoms. The molecule has 1 atom stereocenters. The zero-order valence-electron chi connectivity index (χ0n) is 11.1. The number of carbonyl (C=O) groups is 2. The zero-order valence-corrected chi connectivity index (χ0v) is 11.1. The van der Waals surface area contributed by atoms with E-state index in [1.54, 1.807) is 0 Å². The molecule has 0 saturated carbocycles. The van der Waals surface area contributed by atoms with Crippen LogP contribution in [0.15, 0.2) is 28.9 Å². The minimum Gasteiger partial charge on any atom is -0.463 e. The van der Waals surface area contributed by atoms with Crippen LogP contribution < -0.4 is 11.1 Å². The Bertz CT molecular complexity index is 648. The normalized spacial score (nSPS) is 12.3. The smallest absolute Gasteiger partial charge is 0.255 e. The molecule has 0 unspecified atom stereocenters. The van der Waals surface area contributed by atoms with Crippen LogP contribution in [0.3, 0.4) is 0 Å². The molecule has 4 N–H and O–H groups in total. The van der Waals surface area contributed by atoms with E-state index in [0.717, 1.165) is 12.0 Å². The molecular formula is C14H16N2O4. The first kappa shape index (κ1) is 14.1. The fourth-order valence-electron chi connectivity index (χ4n) is 1.86. The molecule has 2 aromatic rings. The molecule has 0 radical (unpaired) electrons. The van der Waals surface area contributed by atoms with E-state index in [9.17, 15) is 14.7 Å². The second-order valence-electron chi connectivity index (χ2n) is 4.46. The Kier molecular flexibility index (Phi) is 4.05. The van der Waals surface area contributed by atoms with Gasteiger partial charge in [0.05, 0.1) is 12.1 Å². The summed E-state index contributed by atoms with van der Waals surface area (Å²) in [6.45, 7) is 1.79. The van der Waals surface area contributed by atoms with Crippen LogP contribution in [0.25, 0.3) is 11.0 Å². The minimum absolute atomic E-state index is 0.228. The number of fused-ring (bicyclic) bond motifs is 1. The van der Waals surface area contributed by atoms with Crippen LogP contribution in [-0.4, -0.2) is 29.6 Å². The van der Waals surface area contributed by atoms with Crippen LogP contribution in [0.5, 0.6) is 0 Å². The Hall–Kier alpha value is -2.34. The van der Waals surface area contributed by atoms with E-state index in [-0.39, 0.29) is 6.54 Å². The first-order chi connectivity index (χ1) is 9.52. The number of carbonyl (C=O) groups excluding carboxylic acids is 2. The van der Waals surface area contributed by atoms with E-state index >= 15 is 0 Å². The summed E-state index contributed by atoms with van der Waals surface area (Å²) in [6, 6.07) is 5.63. The Morgan fingerprint density at radius 3 is 2.85 bits per heavy atom. The lowest BCUT2D eigenvalue weighted by atomic mass is 10.1. The molecule has 6 nitrogen and oxygen atoms in total. The molecule has 0 bridgehead atoms. The van der Waals surface area contributed by atoms with Crippen molar-refractivity contribution in [2.45, 2.75) is 19.4 Å². The van der Waals surface area contributed by atoms with Crippen molar-refractivity contribution in [3.05, 3.63) is 35.6 Å². The van der Waals surface area contributed by atoms with Gasteiger partial charge in [-0.2, -0.15) is 0 Å². The molecule has 2 rings (SSSR count). The average molecular weight is 276 g/mol. The molecule has 0 aliphatic carbocycles. The molecule has 106 valence electrons. The Morgan fingerprint density at radius 1 is 1.45 bits per heavy atom. The van der Waals surface area contributed by atoms with Crippen molar-refractivity contribution in [1.29, 1.82) is 0 Å². The van der Waals surface area contributed by atoms with Crippen molar-refractivity contribution in [2.75, 3.05) is 6.54 Å². The zero-order chi connectivity index (χ0) is 14.7. The number of nitrogens with one attached hydrogen (secondary N) is 1. The van der Waals surface area contributed by atoms with Crippen molar-refractivity contribution in [2.24, 2.45) is 5.73 Å². The predicted molar refractivity (Wildman–Crippen MR) is 73.1 cm³/mol. The van der Waals surface area contributed by atoms with Gasteiger partial charge < -0.3 is 20.6 Å². The summed E-state index contributed by atoms with van der Waals surface area (Å²) < 4.78 is 5.31. The first-order valence-corrected chi connectivity index (χ1v) is 6.28. The highest BCUT2D eigenvalue weighted by molar-refractivity contribution is 6.06. The number of hydrogen-bond acceptors (Lipinski definition) is 4. The second kappa shape index (κ2) is 5.75. The fourth-order valence-corrected chi connectivity index (χ4v) is 1.86. The Labute approximate surface area is 115 Å². The van der Waals surface area contributed by atoms with Gasteiger partial charge in [-0.05, 0) is 24.1 Å². The predicted octanol–water partition coefficient (Wildman–Crippen LogP) is 0.571. The fraction of sp³-hybridized carbons (Fsp3) is 0.286. The highest BCUT2D eigenvalue weighted by Crippen LogP contribution is 2.22. The van der Waals surface area contributed by atoms with E-state index < -0.39 is 17.9 Å². The van der Waals surface area contributed by atoms with Crippen molar-refractivity contribution in [3.8, 4) is 0 Å². The van der Waals surface area contributed by atoms with Gasteiger partial charge in [0, 0.05) is 5.39 Å². The van der Waals surface area contributed by atoms with Crippen LogP contribution in [0.1, 0.15) is 22.8 Å². The number of amides is 2. The number of aryl methyl sites for hydroxylation is 1. The number of rotatable bonds is 5. The number of furan rings is 1. The van der Waals surface area contributed by atoms with Crippen LogP contribution >= 0.6 is 0 Å². The number of aliphatic hydroxyl groups is 1. The summed E-state index contributed by atoms with van der Waals surface area (Å²) in [7, 11) is 0. The van der Waals surface area contributed by atoms with E-state index in [2.05, 4.69) is 5.32 Å². The van der Waals surface area contributed by atoms with E-state index in [1.165, 1.54) is 6.26 Å². The Morgan fingerprint density at radius 2 is 2.20 bits per heavy atom. The maximum Gasteiger partial charge on any atom is 0.255 e. The molecule has 2 amide bonds. The van der Waals surface area contributed by atoms with Gasteiger partial charge >= 0.3 is 0 Å². The minimum atomic E-state index is -1.40. The highest BCUT2D eigenvalue weighted by atomic mass is 16.3. The van der Waals surface area contributed by atoms with Crippen LogP contribution in [0, 0.1) is 0 Å². The van der Waals surface area contributed by atoms with Gasteiger partial charge in [0.2, 0.25) is 5.91 Å². The van der Waals surface area contributed by atoms with Gasteiger partial charge in [-0.1, -0.05) is 13.0 Å².